The lowest BCUT2D eigenvalue weighted by atomic mass is 10.0. The van der Waals surface area contributed by atoms with Crippen LogP contribution < -0.4 is 5.32 Å². The van der Waals surface area contributed by atoms with Gasteiger partial charge in [0.1, 0.15) is 0 Å². The van der Waals surface area contributed by atoms with Gasteiger partial charge in [0.05, 0.1) is 17.9 Å². The Labute approximate surface area is 317 Å². The lowest BCUT2D eigenvalue weighted by molar-refractivity contribution is -0.122. The monoisotopic (exact) mass is 740 g/mol. The topological polar surface area (TPSA) is 104 Å². The van der Waals surface area contributed by atoms with Gasteiger partial charge in [-0.1, -0.05) is 205 Å². The van der Waals surface area contributed by atoms with Crippen LogP contribution in [0.5, 0.6) is 0 Å². The molecule has 0 radical (unpaired) electrons. The van der Waals surface area contributed by atoms with Crippen LogP contribution in [0.4, 0.5) is 0 Å². The summed E-state index contributed by atoms with van der Waals surface area (Å²) >= 11 is 0. The molecule has 1 amide bonds. The van der Waals surface area contributed by atoms with Gasteiger partial charge in [-0.05, 0) is 44.9 Å². The molecule has 2 atom stereocenters. The third kappa shape index (κ3) is 39.9. The number of rotatable bonds is 40. The van der Waals surface area contributed by atoms with Crippen LogP contribution in [0.3, 0.4) is 0 Å². The Morgan fingerprint density at radius 2 is 0.882 bits per heavy atom. The Morgan fingerprint density at radius 1 is 0.529 bits per heavy atom. The zero-order valence-corrected chi connectivity index (χ0v) is 34.6. The van der Waals surface area contributed by atoms with Crippen LogP contribution in [-0.4, -0.2) is 41.9 Å². The molecule has 0 aromatic carbocycles. The molecule has 0 aliphatic rings. The van der Waals surface area contributed by atoms with Gasteiger partial charge in [0.25, 0.3) is 10.1 Å². The third-order valence-electron chi connectivity index (χ3n) is 10.2. The van der Waals surface area contributed by atoms with Crippen molar-refractivity contribution in [2.75, 3.05) is 5.75 Å². The average Bonchev–Trinajstić information content (AvgIpc) is 3.09. The van der Waals surface area contributed by atoms with E-state index in [0.717, 1.165) is 64.2 Å². The second kappa shape index (κ2) is 38.5. The quantitative estimate of drug-likeness (QED) is 0.0330. The Hall–Kier alpha value is -1.18. The number of amides is 1. The lowest BCUT2D eigenvalue weighted by Crippen LogP contribution is -2.47. The van der Waals surface area contributed by atoms with E-state index in [2.05, 4.69) is 43.5 Å². The second-order valence-electron chi connectivity index (χ2n) is 15.3. The van der Waals surface area contributed by atoms with Gasteiger partial charge in [-0.3, -0.25) is 9.35 Å². The number of hydrogen-bond acceptors (Lipinski definition) is 4. The van der Waals surface area contributed by atoms with Gasteiger partial charge in [-0.25, -0.2) is 0 Å². The molecule has 0 aromatic rings. The van der Waals surface area contributed by atoms with Crippen molar-refractivity contribution >= 4 is 16.0 Å². The third-order valence-corrected chi connectivity index (χ3v) is 10.9. The largest absolute Gasteiger partial charge is 0.391 e. The van der Waals surface area contributed by atoms with Crippen LogP contribution in [0.15, 0.2) is 24.3 Å². The minimum atomic E-state index is -4.31. The second-order valence-corrected chi connectivity index (χ2v) is 16.8. The molecule has 0 saturated heterocycles. The van der Waals surface area contributed by atoms with Crippen molar-refractivity contribution in [2.24, 2.45) is 0 Å². The molecule has 6 nitrogen and oxygen atoms in total. The first-order valence-electron chi connectivity index (χ1n) is 22.0. The maximum atomic E-state index is 12.5. The lowest BCUT2D eigenvalue weighted by Gasteiger charge is -2.23. The van der Waals surface area contributed by atoms with E-state index in [9.17, 15) is 22.9 Å². The molecule has 0 aliphatic carbocycles. The number of aliphatic hydroxyl groups is 1. The van der Waals surface area contributed by atoms with E-state index < -0.39 is 28.0 Å². The molecular weight excluding hydrogens is 655 g/mol. The molecule has 0 heterocycles. The Morgan fingerprint density at radius 3 is 1.29 bits per heavy atom. The summed E-state index contributed by atoms with van der Waals surface area (Å²) in [5.74, 6) is -0.908. The normalized spacial score (nSPS) is 13.4. The molecule has 51 heavy (non-hydrogen) atoms. The molecule has 0 spiro atoms. The predicted molar refractivity (Wildman–Crippen MR) is 221 cm³/mol. The molecule has 0 saturated carbocycles. The van der Waals surface area contributed by atoms with Crippen molar-refractivity contribution in [2.45, 2.75) is 244 Å². The number of nitrogens with one attached hydrogen (secondary N) is 1. The Bertz CT molecular complexity index is 903. The predicted octanol–water partition coefficient (Wildman–Crippen LogP) is 13.1. The summed E-state index contributed by atoms with van der Waals surface area (Å²) in [6.45, 7) is 4.52. The zero-order chi connectivity index (χ0) is 37.5. The van der Waals surface area contributed by atoms with Crippen LogP contribution in [-0.2, 0) is 14.9 Å². The Kier molecular flexibility index (Phi) is 37.6. The summed E-state index contributed by atoms with van der Waals surface area (Å²) in [6.07, 6.45) is 48.4. The van der Waals surface area contributed by atoms with E-state index in [-0.39, 0.29) is 5.91 Å². The fraction of sp³-hybridized carbons (Fsp3) is 0.886. The summed E-state index contributed by atoms with van der Waals surface area (Å²) in [4.78, 5) is 12.5. The molecule has 0 bridgehead atoms. The first-order valence-corrected chi connectivity index (χ1v) is 23.6. The van der Waals surface area contributed by atoms with E-state index in [1.165, 1.54) is 141 Å². The van der Waals surface area contributed by atoms with Crippen molar-refractivity contribution in [3.8, 4) is 0 Å². The molecule has 3 N–H and O–H groups in total. The fourth-order valence-electron chi connectivity index (χ4n) is 6.84. The highest BCUT2D eigenvalue weighted by Gasteiger charge is 2.26. The van der Waals surface area contributed by atoms with Gasteiger partial charge in [-0.15, -0.1) is 0 Å². The smallest absolute Gasteiger partial charge is 0.266 e. The molecule has 0 aromatic heterocycles. The van der Waals surface area contributed by atoms with Gasteiger partial charge in [-0.2, -0.15) is 8.42 Å². The van der Waals surface area contributed by atoms with Crippen LogP contribution in [0.1, 0.15) is 232 Å². The summed E-state index contributed by atoms with van der Waals surface area (Å²) in [5.41, 5.74) is 0. The number of allylic oxidation sites excluding steroid dienone is 4. The number of unbranched alkanes of at least 4 members (excludes halogenated alkanes) is 28. The van der Waals surface area contributed by atoms with Gasteiger partial charge >= 0.3 is 0 Å². The summed E-state index contributed by atoms with van der Waals surface area (Å²) < 4.78 is 32.6. The number of aliphatic hydroxyl groups excluding tert-OH is 1. The first-order chi connectivity index (χ1) is 24.8. The summed E-state index contributed by atoms with van der Waals surface area (Å²) in [7, 11) is -4.31. The molecule has 0 fully saturated rings. The van der Waals surface area contributed by atoms with Gasteiger partial charge in [0, 0.05) is 6.42 Å². The Balaban J connectivity index is 3.83. The number of hydrogen-bond donors (Lipinski definition) is 3. The van der Waals surface area contributed by atoms with Crippen LogP contribution >= 0.6 is 0 Å². The molecule has 0 rings (SSSR count). The van der Waals surface area contributed by atoms with Crippen LogP contribution in [0.2, 0.25) is 0 Å². The van der Waals surface area contributed by atoms with Crippen molar-refractivity contribution in [1.82, 2.24) is 5.32 Å². The van der Waals surface area contributed by atoms with Crippen LogP contribution in [0, 0.1) is 0 Å². The highest BCUT2D eigenvalue weighted by molar-refractivity contribution is 7.85. The summed E-state index contributed by atoms with van der Waals surface area (Å²) in [5, 5.41) is 13.4. The van der Waals surface area contributed by atoms with Gasteiger partial charge in [0.15, 0.2) is 0 Å². The van der Waals surface area contributed by atoms with Gasteiger partial charge in [0.2, 0.25) is 5.91 Å². The van der Waals surface area contributed by atoms with E-state index in [1.54, 1.807) is 0 Å². The fourth-order valence-corrected chi connectivity index (χ4v) is 7.60. The van der Waals surface area contributed by atoms with Crippen molar-refractivity contribution in [3.63, 3.8) is 0 Å². The number of carbonyl (C=O) groups excluding carboxylic acids is 1. The highest BCUT2D eigenvalue weighted by atomic mass is 32.2. The standard InChI is InChI=1S/C44H85NO5S/c1-3-5-7-9-11-13-15-17-19-21-22-23-24-25-27-29-31-33-35-37-39-43(46)42(41-51(48,49)50)45-44(47)40-38-36-34-32-30-28-26-20-18-16-14-12-10-8-6-4-2/h14,16,20,26,42-43,46H,3-13,15,17-19,21-25,27-41H2,1-2H3,(H,45,47)(H,48,49,50)/b16-14-,26-20-. The van der Waals surface area contributed by atoms with E-state index in [1.807, 2.05) is 0 Å². The molecule has 2 unspecified atom stereocenters. The minimum Gasteiger partial charge on any atom is -0.391 e. The molecule has 302 valence electrons. The van der Waals surface area contributed by atoms with Crippen LogP contribution in [0.25, 0.3) is 0 Å². The van der Waals surface area contributed by atoms with E-state index in [4.69, 9.17) is 0 Å². The van der Waals surface area contributed by atoms with Crippen molar-refractivity contribution in [3.05, 3.63) is 24.3 Å². The maximum absolute atomic E-state index is 12.5. The number of carbonyl (C=O) groups is 1. The van der Waals surface area contributed by atoms with E-state index in [0.29, 0.717) is 12.8 Å². The molecule has 7 heteroatoms. The average molecular weight is 740 g/mol. The molecule has 0 aliphatic heterocycles. The van der Waals surface area contributed by atoms with Crippen molar-refractivity contribution in [1.29, 1.82) is 0 Å². The van der Waals surface area contributed by atoms with Gasteiger partial charge < -0.3 is 10.4 Å². The molecular formula is C44H85NO5S. The summed E-state index contributed by atoms with van der Waals surface area (Å²) in [6, 6.07) is -0.976. The SMILES string of the molecule is CCCCCC/C=C\C/C=C\CCCCCCCC(=O)NC(CS(=O)(=O)O)C(O)CCCCCCCCCCCCCCCCCCCCCC. The van der Waals surface area contributed by atoms with E-state index >= 15 is 0 Å². The zero-order valence-electron chi connectivity index (χ0n) is 33.7. The maximum Gasteiger partial charge on any atom is 0.266 e. The van der Waals surface area contributed by atoms with Crippen molar-refractivity contribution < 1.29 is 22.9 Å². The highest BCUT2D eigenvalue weighted by Crippen LogP contribution is 2.16. The first kappa shape index (κ1) is 49.8. The minimum absolute atomic E-state index is 0.257.